The van der Waals surface area contributed by atoms with Crippen LogP contribution < -0.4 is 16.4 Å². The summed E-state index contributed by atoms with van der Waals surface area (Å²) < 4.78 is 5.34. The third kappa shape index (κ3) is 5.19. The molecule has 3 aromatic heterocycles. The Morgan fingerprint density at radius 2 is 2.03 bits per heavy atom. The number of nitrogens with zero attached hydrogens (tertiary/aromatic N) is 3. The Kier molecular flexibility index (Phi) is 6.74. The smallest absolute Gasteiger partial charge is 0.259 e. The molecular weight excluding hydrogens is 384 g/mol. The van der Waals surface area contributed by atoms with E-state index in [1.165, 1.54) is 13.2 Å². The highest BCUT2D eigenvalue weighted by Gasteiger charge is 2.21. The number of nitrogens with one attached hydrogen (secondary N) is 2. The number of Topliss-reactive ketones (excluding diaryl/α,β-unsaturated/α-hetero) is 1. The number of carbonyl (C=O) groups excluding carboxylic acids is 2. The lowest BCUT2D eigenvalue weighted by Crippen LogP contribution is -2.27. The van der Waals surface area contributed by atoms with Gasteiger partial charge in [0.1, 0.15) is 23.0 Å². The largest absolute Gasteiger partial charge is 0.461 e. The maximum absolute atomic E-state index is 12.9. The maximum Gasteiger partial charge on any atom is 0.259 e. The van der Waals surface area contributed by atoms with E-state index in [0.29, 0.717) is 25.1 Å². The number of nitrogen functional groups attached to an aromatic ring is 1. The monoisotopic (exact) mass is 408 g/mol. The minimum atomic E-state index is -0.419. The summed E-state index contributed by atoms with van der Waals surface area (Å²) in [4.78, 5) is 37.0. The van der Waals surface area contributed by atoms with Gasteiger partial charge in [0.2, 0.25) is 0 Å². The summed E-state index contributed by atoms with van der Waals surface area (Å²) in [5.41, 5.74) is 7.99. The zero-order chi connectivity index (χ0) is 21.5. The van der Waals surface area contributed by atoms with Crippen molar-refractivity contribution in [2.75, 3.05) is 17.6 Å². The second-order valence-electron chi connectivity index (χ2n) is 6.82. The molecule has 9 nitrogen and oxygen atoms in total. The Balaban J connectivity index is 1.84. The van der Waals surface area contributed by atoms with E-state index >= 15 is 0 Å². The number of nitrogens with two attached hydrogens (primary N) is 1. The number of anilines is 2. The highest BCUT2D eigenvalue weighted by molar-refractivity contribution is 6.03. The Bertz CT molecular complexity index is 1030. The molecule has 1 amide bonds. The molecule has 4 N–H and O–H groups in total. The average Bonchev–Trinajstić information content (AvgIpc) is 3.25. The third-order valence-corrected chi connectivity index (χ3v) is 4.44. The topological polar surface area (TPSA) is 136 Å². The zero-order valence-electron chi connectivity index (χ0n) is 16.9. The van der Waals surface area contributed by atoms with Gasteiger partial charge in [0.25, 0.3) is 5.91 Å². The Morgan fingerprint density at radius 3 is 2.73 bits per heavy atom. The van der Waals surface area contributed by atoms with E-state index in [-0.39, 0.29) is 35.4 Å². The predicted octanol–water partition coefficient (Wildman–Crippen LogP) is 2.73. The Labute approximate surface area is 174 Å². The summed E-state index contributed by atoms with van der Waals surface area (Å²) in [5, 5.41) is 5.92. The van der Waals surface area contributed by atoms with Crippen LogP contribution >= 0.6 is 0 Å². The molecule has 3 aromatic rings. The SMILES string of the molecule is CC(=O)CCCNc1nc(-c2ccco2)nc(N)c1C(=O)NCc1ncccc1C. The fraction of sp³-hybridized carbons (Fsp3) is 0.286. The van der Waals surface area contributed by atoms with Crippen molar-refractivity contribution in [1.29, 1.82) is 0 Å². The van der Waals surface area contributed by atoms with Crippen molar-refractivity contribution < 1.29 is 14.0 Å². The van der Waals surface area contributed by atoms with E-state index in [1.54, 1.807) is 18.3 Å². The van der Waals surface area contributed by atoms with Gasteiger partial charge in [-0.15, -0.1) is 0 Å². The third-order valence-electron chi connectivity index (χ3n) is 4.44. The molecule has 0 saturated heterocycles. The van der Waals surface area contributed by atoms with Crippen LogP contribution in [0.3, 0.4) is 0 Å². The summed E-state index contributed by atoms with van der Waals surface area (Å²) in [6.45, 7) is 4.16. The van der Waals surface area contributed by atoms with Gasteiger partial charge in [0.05, 0.1) is 18.5 Å². The molecule has 0 fully saturated rings. The van der Waals surface area contributed by atoms with Crippen LogP contribution in [0.25, 0.3) is 11.6 Å². The molecule has 0 bridgehead atoms. The van der Waals surface area contributed by atoms with Crippen molar-refractivity contribution >= 4 is 23.3 Å². The number of ketones is 1. The summed E-state index contributed by atoms with van der Waals surface area (Å²) in [6.07, 6.45) is 4.21. The van der Waals surface area contributed by atoms with Crippen molar-refractivity contribution in [2.45, 2.75) is 33.2 Å². The van der Waals surface area contributed by atoms with E-state index in [0.717, 1.165) is 11.3 Å². The van der Waals surface area contributed by atoms with Crippen LogP contribution in [0.15, 0.2) is 41.1 Å². The van der Waals surface area contributed by atoms with Crippen LogP contribution in [-0.2, 0) is 11.3 Å². The van der Waals surface area contributed by atoms with Crippen LogP contribution in [0.5, 0.6) is 0 Å². The second kappa shape index (κ2) is 9.64. The van der Waals surface area contributed by atoms with Gasteiger partial charge >= 0.3 is 0 Å². The van der Waals surface area contributed by atoms with Crippen molar-refractivity contribution in [3.05, 3.63) is 53.5 Å². The number of aryl methyl sites for hydroxylation is 1. The highest BCUT2D eigenvalue weighted by Crippen LogP contribution is 2.24. The molecule has 0 aromatic carbocycles. The highest BCUT2D eigenvalue weighted by atomic mass is 16.3. The summed E-state index contributed by atoms with van der Waals surface area (Å²) in [5.74, 6) is 0.693. The average molecular weight is 408 g/mol. The molecule has 0 aliphatic carbocycles. The van der Waals surface area contributed by atoms with E-state index < -0.39 is 5.91 Å². The first kappa shape index (κ1) is 21.0. The minimum absolute atomic E-state index is 0.0284. The first-order chi connectivity index (χ1) is 14.5. The van der Waals surface area contributed by atoms with E-state index in [1.807, 2.05) is 19.1 Å². The van der Waals surface area contributed by atoms with Gasteiger partial charge in [0.15, 0.2) is 11.6 Å². The quantitative estimate of drug-likeness (QED) is 0.460. The van der Waals surface area contributed by atoms with Gasteiger partial charge in [-0.1, -0.05) is 6.07 Å². The van der Waals surface area contributed by atoms with Crippen molar-refractivity contribution in [2.24, 2.45) is 0 Å². The number of pyridine rings is 1. The molecule has 0 atom stereocenters. The molecular formula is C21H24N6O3. The van der Waals surface area contributed by atoms with Crippen LogP contribution in [0.2, 0.25) is 0 Å². The van der Waals surface area contributed by atoms with Gasteiger partial charge in [-0.3, -0.25) is 9.78 Å². The van der Waals surface area contributed by atoms with E-state index in [2.05, 4.69) is 25.6 Å². The molecule has 3 heterocycles. The van der Waals surface area contributed by atoms with E-state index in [9.17, 15) is 9.59 Å². The van der Waals surface area contributed by atoms with Gasteiger partial charge in [0, 0.05) is 19.2 Å². The molecule has 0 saturated carbocycles. The molecule has 0 unspecified atom stereocenters. The fourth-order valence-corrected chi connectivity index (χ4v) is 2.85. The lowest BCUT2D eigenvalue weighted by atomic mass is 10.2. The number of carbonyl (C=O) groups is 2. The summed E-state index contributed by atoms with van der Waals surface area (Å²) in [6, 6.07) is 7.18. The maximum atomic E-state index is 12.9. The van der Waals surface area contributed by atoms with Crippen molar-refractivity contribution in [3.63, 3.8) is 0 Å². The van der Waals surface area contributed by atoms with Crippen LogP contribution in [-0.4, -0.2) is 33.2 Å². The first-order valence-electron chi connectivity index (χ1n) is 9.59. The molecule has 9 heteroatoms. The lowest BCUT2D eigenvalue weighted by Gasteiger charge is -2.14. The summed E-state index contributed by atoms with van der Waals surface area (Å²) >= 11 is 0. The molecule has 0 spiro atoms. The van der Waals surface area contributed by atoms with Crippen molar-refractivity contribution in [3.8, 4) is 11.6 Å². The number of hydrogen-bond donors (Lipinski definition) is 3. The first-order valence-corrected chi connectivity index (χ1v) is 9.59. The van der Waals surface area contributed by atoms with Gasteiger partial charge in [-0.25, -0.2) is 9.97 Å². The van der Waals surface area contributed by atoms with Crippen LogP contribution in [0.4, 0.5) is 11.6 Å². The molecule has 30 heavy (non-hydrogen) atoms. The van der Waals surface area contributed by atoms with Gasteiger partial charge in [-0.2, -0.15) is 0 Å². The second-order valence-corrected chi connectivity index (χ2v) is 6.82. The normalized spacial score (nSPS) is 10.6. The Hall–Kier alpha value is -3.75. The van der Waals surface area contributed by atoms with Gasteiger partial charge in [-0.05, 0) is 44.0 Å². The number of furan rings is 1. The number of hydrogen-bond acceptors (Lipinski definition) is 8. The lowest BCUT2D eigenvalue weighted by molar-refractivity contribution is -0.117. The number of rotatable bonds is 9. The van der Waals surface area contributed by atoms with Crippen molar-refractivity contribution in [1.82, 2.24) is 20.3 Å². The van der Waals surface area contributed by atoms with Crippen LogP contribution in [0.1, 0.15) is 41.4 Å². The summed E-state index contributed by atoms with van der Waals surface area (Å²) in [7, 11) is 0. The molecule has 0 radical (unpaired) electrons. The number of aromatic nitrogens is 3. The molecule has 156 valence electrons. The molecule has 0 aliphatic heterocycles. The zero-order valence-corrected chi connectivity index (χ0v) is 16.9. The number of amides is 1. The van der Waals surface area contributed by atoms with E-state index in [4.69, 9.17) is 10.2 Å². The fourth-order valence-electron chi connectivity index (χ4n) is 2.85. The molecule has 3 rings (SSSR count). The van der Waals surface area contributed by atoms with Crippen LogP contribution in [0, 0.1) is 6.92 Å². The minimum Gasteiger partial charge on any atom is -0.461 e. The Morgan fingerprint density at radius 1 is 1.20 bits per heavy atom. The predicted molar refractivity (Wildman–Crippen MR) is 113 cm³/mol. The van der Waals surface area contributed by atoms with Gasteiger partial charge < -0.3 is 25.6 Å². The standard InChI is InChI=1S/C21H24N6O3/c1-13-6-3-9-23-15(13)12-25-21(29)17-18(22)26-19(16-8-5-11-30-16)27-20(17)24-10-4-7-14(2)28/h3,5-6,8-9,11H,4,7,10,12H2,1-2H3,(H,25,29)(H3,22,24,26,27). The molecule has 0 aliphatic rings.